The largest absolute Gasteiger partial charge is 0.480 e. The summed E-state index contributed by atoms with van der Waals surface area (Å²) in [7, 11) is 0. The predicted octanol–water partition coefficient (Wildman–Crippen LogP) is 3.27. The Bertz CT molecular complexity index is 425. The van der Waals surface area contributed by atoms with Crippen LogP contribution in [0.15, 0.2) is 22.7 Å². The summed E-state index contributed by atoms with van der Waals surface area (Å²) in [6, 6.07) is 4.58. The van der Waals surface area contributed by atoms with E-state index in [1.165, 1.54) is 12.1 Å². The SMILES string of the molecule is CCC(C)N(CC(=O)O)Cc1cc(F)ccc1Br. The molecule has 0 heterocycles. The molecule has 0 aliphatic heterocycles. The monoisotopic (exact) mass is 317 g/mol. The van der Waals surface area contributed by atoms with Crippen LogP contribution in [0.1, 0.15) is 25.8 Å². The first-order valence-electron chi connectivity index (χ1n) is 5.83. The number of carboxylic acids is 1. The molecule has 1 aromatic carbocycles. The van der Waals surface area contributed by atoms with Gasteiger partial charge in [-0.15, -0.1) is 0 Å². The summed E-state index contributed by atoms with van der Waals surface area (Å²) in [6.45, 7) is 4.34. The number of benzene rings is 1. The van der Waals surface area contributed by atoms with Crippen LogP contribution in [0.25, 0.3) is 0 Å². The van der Waals surface area contributed by atoms with Gasteiger partial charge in [0.25, 0.3) is 0 Å². The van der Waals surface area contributed by atoms with E-state index in [2.05, 4.69) is 15.9 Å². The third-order valence-electron chi connectivity index (χ3n) is 2.93. The molecule has 0 fully saturated rings. The molecule has 0 radical (unpaired) electrons. The molecular weight excluding hydrogens is 301 g/mol. The lowest BCUT2D eigenvalue weighted by atomic mass is 10.1. The number of halogens is 2. The van der Waals surface area contributed by atoms with Crippen LogP contribution in [0.4, 0.5) is 4.39 Å². The summed E-state index contributed by atoms with van der Waals surface area (Å²) >= 11 is 3.36. The van der Waals surface area contributed by atoms with Gasteiger partial charge in [-0.2, -0.15) is 0 Å². The molecule has 1 unspecified atom stereocenters. The molecule has 0 aliphatic carbocycles. The predicted molar refractivity (Wildman–Crippen MR) is 71.9 cm³/mol. The van der Waals surface area contributed by atoms with Crippen molar-refractivity contribution >= 4 is 21.9 Å². The van der Waals surface area contributed by atoms with Gasteiger partial charge in [0.15, 0.2) is 0 Å². The van der Waals surface area contributed by atoms with Crippen molar-refractivity contribution in [3.63, 3.8) is 0 Å². The molecule has 0 aliphatic rings. The van der Waals surface area contributed by atoms with Gasteiger partial charge in [0.2, 0.25) is 0 Å². The number of carboxylic acid groups (broad SMARTS) is 1. The van der Waals surface area contributed by atoms with Gasteiger partial charge in [-0.25, -0.2) is 4.39 Å². The highest BCUT2D eigenvalue weighted by molar-refractivity contribution is 9.10. The van der Waals surface area contributed by atoms with Gasteiger partial charge < -0.3 is 5.11 Å². The molecular formula is C13H17BrFNO2. The average Bonchev–Trinajstić information content (AvgIpc) is 2.31. The molecule has 1 rings (SSSR count). The molecule has 0 amide bonds. The van der Waals surface area contributed by atoms with E-state index in [0.717, 1.165) is 16.5 Å². The topological polar surface area (TPSA) is 40.5 Å². The van der Waals surface area contributed by atoms with Gasteiger partial charge in [-0.05, 0) is 37.1 Å². The number of hydrogen-bond acceptors (Lipinski definition) is 2. The normalized spacial score (nSPS) is 12.7. The standard InChI is InChI=1S/C13H17BrFNO2/c1-3-9(2)16(8-13(17)18)7-10-6-11(15)4-5-12(10)14/h4-6,9H,3,7-8H2,1-2H3,(H,17,18). The molecule has 1 N–H and O–H groups in total. The summed E-state index contributed by atoms with van der Waals surface area (Å²) in [5, 5.41) is 8.90. The molecule has 3 nitrogen and oxygen atoms in total. The molecule has 1 aromatic rings. The Hall–Kier alpha value is -0.940. The molecule has 100 valence electrons. The molecule has 0 saturated heterocycles. The third-order valence-corrected chi connectivity index (χ3v) is 3.71. The van der Waals surface area contributed by atoms with Crippen molar-refractivity contribution in [3.05, 3.63) is 34.1 Å². The minimum Gasteiger partial charge on any atom is -0.480 e. The number of hydrogen-bond donors (Lipinski definition) is 1. The Morgan fingerprint density at radius 3 is 2.78 bits per heavy atom. The van der Waals surface area contributed by atoms with E-state index in [1.807, 2.05) is 18.7 Å². The summed E-state index contributed by atoms with van der Waals surface area (Å²) in [5.41, 5.74) is 0.761. The molecule has 0 aromatic heterocycles. The smallest absolute Gasteiger partial charge is 0.317 e. The average molecular weight is 318 g/mol. The minimum absolute atomic E-state index is 0.0437. The molecule has 18 heavy (non-hydrogen) atoms. The van der Waals surface area contributed by atoms with E-state index in [1.54, 1.807) is 6.07 Å². The van der Waals surface area contributed by atoms with E-state index in [0.29, 0.717) is 6.54 Å². The van der Waals surface area contributed by atoms with Crippen LogP contribution < -0.4 is 0 Å². The number of rotatable bonds is 6. The Morgan fingerprint density at radius 1 is 1.56 bits per heavy atom. The van der Waals surface area contributed by atoms with E-state index in [4.69, 9.17) is 5.11 Å². The van der Waals surface area contributed by atoms with E-state index >= 15 is 0 Å². The first-order chi connectivity index (χ1) is 8.43. The molecule has 5 heteroatoms. The van der Waals surface area contributed by atoms with Crippen LogP contribution in [0.5, 0.6) is 0 Å². The highest BCUT2D eigenvalue weighted by Crippen LogP contribution is 2.21. The van der Waals surface area contributed by atoms with Gasteiger partial charge in [-0.3, -0.25) is 9.69 Å². The van der Waals surface area contributed by atoms with Crippen molar-refractivity contribution in [2.75, 3.05) is 6.54 Å². The molecule has 1 atom stereocenters. The van der Waals surface area contributed by atoms with Crippen LogP contribution >= 0.6 is 15.9 Å². The van der Waals surface area contributed by atoms with Crippen molar-refractivity contribution < 1.29 is 14.3 Å². The number of aliphatic carboxylic acids is 1. The van der Waals surface area contributed by atoms with Crippen LogP contribution in [0.2, 0.25) is 0 Å². The third kappa shape index (κ3) is 4.38. The Balaban J connectivity index is 2.88. The van der Waals surface area contributed by atoms with E-state index in [9.17, 15) is 9.18 Å². The second kappa shape index (κ2) is 6.85. The summed E-state index contributed by atoms with van der Waals surface area (Å²) < 4.78 is 14.0. The lowest BCUT2D eigenvalue weighted by molar-refractivity contribution is -0.139. The maximum atomic E-state index is 13.2. The fourth-order valence-corrected chi connectivity index (χ4v) is 2.05. The lowest BCUT2D eigenvalue weighted by Crippen LogP contribution is -2.36. The van der Waals surface area contributed by atoms with E-state index in [-0.39, 0.29) is 18.4 Å². The van der Waals surface area contributed by atoms with Crippen LogP contribution in [-0.4, -0.2) is 28.6 Å². The minimum atomic E-state index is -0.872. The molecule has 0 saturated carbocycles. The quantitative estimate of drug-likeness (QED) is 0.875. The molecule has 0 spiro atoms. The summed E-state index contributed by atoms with van der Waals surface area (Å²) in [5.74, 6) is -1.18. The van der Waals surface area contributed by atoms with Crippen molar-refractivity contribution in [2.45, 2.75) is 32.9 Å². The Labute approximate surface area is 115 Å². The van der Waals surface area contributed by atoms with Crippen LogP contribution in [0, 0.1) is 5.82 Å². The van der Waals surface area contributed by atoms with Crippen molar-refractivity contribution in [1.29, 1.82) is 0 Å². The first-order valence-corrected chi connectivity index (χ1v) is 6.63. The van der Waals surface area contributed by atoms with Crippen molar-refractivity contribution in [2.24, 2.45) is 0 Å². The van der Waals surface area contributed by atoms with Crippen molar-refractivity contribution in [1.82, 2.24) is 4.90 Å². The number of carbonyl (C=O) groups is 1. The fraction of sp³-hybridized carbons (Fsp3) is 0.462. The number of nitrogens with zero attached hydrogens (tertiary/aromatic N) is 1. The second-order valence-electron chi connectivity index (χ2n) is 4.29. The first kappa shape index (κ1) is 15.1. The van der Waals surface area contributed by atoms with Crippen LogP contribution in [0.3, 0.4) is 0 Å². The van der Waals surface area contributed by atoms with Crippen molar-refractivity contribution in [3.8, 4) is 0 Å². The zero-order chi connectivity index (χ0) is 13.7. The maximum Gasteiger partial charge on any atom is 0.317 e. The van der Waals surface area contributed by atoms with Gasteiger partial charge in [0.05, 0.1) is 6.54 Å². The van der Waals surface area contributed by atoms with Gasteiger partial charge in [0, 0.05) is 17.1 Å². The Kier molecular flexibility index (Phi) is 5.75. The molecule has 0 bridgehead atoms. The van der Waals surface area contributed by atoms with Gasteiger partial charge in [-0.1, -0.05) is 22.9 Å². The maximum absolute atomic E-state index is 13.2. The highest BCUT2D eigenvalue weighted by atomic mass is 79.9. The highest BCUT2D eigenvalue weighted by Gasteiger charge is 2.17. The van der Waals surface area contributed by atoms with Gasteiger partial charge >= 0.3 is 5.97 Å². The summed E-state index contributed by atoms with van der Waals surface area (Å²) in [6.07, 6.45) is 0.847. The zero-order valence-electron chi connectivity index (χ0n) is 10.5. The Morgan fingerprint density at radius 2 is 2.22 bits per heavy atom. The van der Waals surface area contributed by atoms with E-state index < -0.39 is 5.97 Å². The van der Waals surface area contributed by atoms with Gasteiger partial charge in [0.1, 0.15) is 5.82 Å². The summed E-state index contributed by atoms with van der Waals surface area (Å²) in [4.78, 5) is 12.7. The van der Waals surface area contributed by atoms with Crippen LogP contribution in [-0.2, 0) is 11.3 Å². The fourth-order valence-electron chi connectivity index (χ4n) is 1.68. The zero-order valence-corrected chi connectivity index (χ0v) is 12.1. The lowest BCUT2D eigenvalue weighted by Gasteiger charge is -2.27. The second-order valence-corrected chi connectivity index (χ2v) is 5.15.